The molecule has 0 atom stereocenters. The van der Waals surface area contributed by atoms with Gasteiger partial charge < -0.3 is 5.32 Å². The third kappa shape index (κ3) is 3.05. The number of nitrogens with zero attached hydrogens (tertiary/aromatic N) is 3. The first-order chi connectivity index (χ1) is 10.2. The van der Waals surface area contributed by atoms with Crippen molar-refractivity contribution in [2.24, 2.45) is 0 Å². The number of pyridine rings is 1. The quantitative estimate of drug-likeness (QED) is 0.801. The Hall–Kier alpha value is -2.76. The summed E-state index contributed by atoms with van der Waals surface area (Å²) in [5.74, 6) is -0.983. The van der Waals surface area contributed by atoms with Crippen LogP contribution >= 0.6 is 0 Å². The third-order valence-electron chi connectivity index (χ3n) is 2.97. The van der Waals surface area contributed by atoms with Gasteiger partial charge in [-0.1, -0.05) is 6.07 Å². The summed E-state index contributed by atoms with van der Waals surface area (Å²) in [6.45, 7) is 0.389. The van der Waals surface area contributed by atoms with Crippen LogP contribution in [-0.2, 0) is 6.54 Å². The molecule has 6 heteroatoms. The van der Waals surface area contributed by atoms with Crippen molar-refractivity contribution in [2.45, 2.75) is 6.54 Å². The second-order valence-electron chi connectivity index (χ2n) is 4.46. The molecular formula is C15H12F2N4. The third-order valence-corrected chi connectivity index (χ3v) is 2.97. The summed E-state index contributed by atoms with van der Waals surface area (Å²) in [6, 6.07) is 9.32. The van der Waals surface area contributed by atoms with Crippen LogP contribution in [0.15, 0.2) is 55.0 Å². The van der Waals surface area contributed by atoms with E-state index in [1.807, 2.05) is 18.2 Å². The summed E-state index contributed by atoms with van der Waals surface area (Å²) in [7, 11) is 0. The number of halogens is 2. The lowest BCUT2D eigenvalue weighted by Crippen LogP contribution is -2.02. The van der Waals surface area contributed by atoms with Gasteiger partial charge in [0.2, 0.25) is 0 Å². The maximum Gasteiger partial charge on any atom is 0.159 e. The largest absolute Gasteiger partial charge is 0.380 e. The number of nitrogens with one attached hydrogen (secondary N) is 1. The van der Waals surface area contributed by atoms with E-state index in [-0.39, 0.29) is 0 Å². The predicted octanol–water partition coefficient (Wildman–Crippen LogP) is 3.16. The molecule has 0 fully saturated rings. The standard InChI is InChI=1S/C15H12F2N4/c16-13-4-2-11(8-14(13)17)9-18-12-3-5-15(19-10-12)21-7-1-6-20-21/h1-8,10,18H,9H2. The normalized spacial score (nSPS) is 10.6. The van der Waals surface area contributed by atoms with E-state index in [1.165, 1.54) is 12.1 Å². The molecule has 0 spiro atoms. The second kappa shape index (κ2) is 5.70. The number of aromatic nitrogens is 3. The molecule has 106 valence electrons. The summed E-state index contributed by atoms with van der Waals surface area (Å²) in [5, 5.41) is 7.18. The van der Waals surface area contributed by atoms with Crippen LogP contribution in [-0.4, -0.2) is 14.8 Å². The molecule has 0 saturated heterocycles. The van der Waals surface area contributed by atoms with Gasteiger partial charge in [0, 0.05) is 18.9 Å². The van der Waals surface area contributed by atoms with Crippen LogP contribution < -0.4 is 5.32 Å². The van der Waals surface area contributed by atoms with Crippen molar-refractivity contribution < 1.29 is 8.78 Å². The fourth-order valence-electron chi connectivity index (χ4n) is 1.88. The van der Waals surface area contributed by atoms with E-state index >= 15 is 0 Å². The topological polar surface area (TPSA) is 42.7 Å². The first-order valence-corrected chi connectivity index (χ1v) is 6.36. The lowest BCUT2D eigenvalue weighted by atomic mass is 10.2. The fraction of sp³-hybridized carbons (Fsp3) is 0.0667. The zero-order valence-electron chi connectivity index (χ0n) is 11.0. The Morgan fingerprint density at radius 1 is 1.10 bits per heavy atom. The lowest BCUT2D eigenvalue weighted by molar-refractivity contribution is 0.507. The average Bonchev–Trinajstić information content (AvgIpc) is 3.03. The Balaban J connectivity index is 1.66. The maximum absolute atomic E-state index is 13.1. The van der Waals surface area contributed by atoms with E-state index in [9.17, 15) is 8.78 Å². The molecule has 0 aliphatic heterocycles. The van der Waals surface area contributed by atoms with Crippen LogP contribution in [0.4, 0.5) is 14.5 Å². The van der Waals surface area contributed by atoms with Gasteiger partial charge in [0.1, 0.15) is 0 Å². The molecule has 4 nitrogen and oxygen atoms in total. The smallest absolute Gasteiger partial charge is 0.159 e. The van der Waals surface area contributed by atoms with Crippen LogP contribution in [0.3, 0.4) is 0 Å². The van der Waals surface area contributed by atoms with Gasteiger partial charge in [-0.15, -0.1) is 0 Å². The number of hydrogen-bond donors (Lipinski definition) is 1. The number of hydrogen-bond acceptors (Lipinski definition) is 3. The van der Waals surface area contributed by atoms with Gasteiger partial charge in [0.15, 0.2) is 17.5 Å². The lowest BCUT2D eigenvalue weighted by Gasteiger charge is -2.07. The van der Waals surface area contributed by atoms with Crippen molar-refractivity contribution >= 4 is 5.69 Å². The van der Waals surface area contributed by atoms with Crippen molar-refractivity contribution in [1.82, 2.24) is 14.8 Å². The SMILES string of the molecule is Fc1ccc(CNc2ccc(-n3cccn3)nc2)cc1F. The minimum atomic E-state index is -0.846. The maximum atomic E-state index is 13.1. The molecule has 1 N–H and O–H groups in total. The van der Waals surface area contributed by atoms with E-state index in [0.717, 1.165) is 11.8 Å². The van der Waals surface area contributed by atoms with Gasteiger partial charge in [-0.05, 0) is 35.9 Å². The fourth-order valence-corrected chi connectivity index (χ4v) is 1.88. The van der Waals surface area contributed by atoms with Crippen molar-refractivity contribution in [3.05, 3.63) is 72.2 Å². The molecule has 0 radical (unpaired) electrons. The highest BCUT2D eigenvalue weighted by Crippen LogP contribution is 2.13. The molecule has 0 bridgehead atoms. The van der Waals surface area contributed by atoms with Gasteiger partial charge in [-0.2, -0.15) is 5.10 Å². The Morgan fingerprint density at radius 3 is 2.67 bits per heavy atom. The first kappa shape index (κ1) is 13.2. The Morgan fingerprint density at radius 2 is 2.00 bits per heavy atom. The molecule has 3 aromatic rings. The van der Waals surface area contributed by atoms with E-state index in [0.29, 0.717) is 17.9 Å². The predicted molar refractivity (Wildman–Crippen MR) is 75.0 cm³/mol. The molecular weight excluding hydrogens is 274 g/mol. The molecule has 0 saturated carbocycles. The van der Waals surface area contributed by atoms with Crippen LogP contribution in [0.5, 0.6) is 0 Å². The molecule has 0 unspecified atom stereocenters. The zero-order chi connectivity index (χ0) is 14.7. The average molecular weight is 286 g/mol. The minimum absolute atomic E-state index is 0.389. The van der Waals surface area contributed by atoms with Gasteiger partial charge in [0.25, 0.3) is 0 Å². The summed E-state index contributed by atoms with van der Waals surface area (Å²) in [4.78, 5) is 4.27. The molecule has 0 amide bonds. The Labute approximate surface area is 120 Å². The molecule has 2 aromatic heterocycles. The second-order valence-corrected chi connectivity index (χ2v) is 4.46. The number of anilines is 1. The minimum Gasteiger partial charge on any atom is -0.380 e. The summed E-state index contributed by atoms with van der Waals surface area (Å²) >= 11 is 0. The van der Waals surface area contributed by atoms with E-state index < -0.39 is 11.6 Å². The van der Waals surface area contributed by atoms with Crippen molar-refractivity contribution in [3.8, 4) is 5.82 Å². The molecule has 3 rings (SSSR count). The van der Waals surface area contributed by atoms with Gasteiger partial charge in [0.05, 0.1) is 11.9 Å². The van der Waals surface area contributed by atoms with Crippen LogP contribution in [0.2, 0.25) is 0 Å². The summed E-state index contributed by atoms with van der Waals surface area (Å²) in [6.07, 6.45) is 5.14. The van der Waals surface area contributed by atoms with Crippen molar-refractivity contribution in [2.75, 3.05) is 5.32 Å². The monoisotopic (exact) mass is 286 g/mol. The molecule has 21 heavy (non-hydrogen) atoms. The van der Waals surface area contributed by atoms with Crippen molar-refractivity contribution in [3.63, 3.8) is 0 Å². The molecule has 0 aliphatic rings. The van der Waals surface area contributed by atoms with Crippen LogP contribution in [0.25, 0.3) is 5.82 Å². The first-order valence-electron chi connectivity index (χ1n) is 6.36. The molecule has 0 aliphatic carbocycles. The molecule has 2 heterocycles. The van der Waals surface area contributed by atoms with Gasteiger partial charge in [-0.3, -0.25) is 0 Å². The number of benzene rings is 1. The highest BCUT2D eigenvalue weighted by atomic mass is 19.2. The van der Waals surface area contributed by atoms with Crippen molar-refractivity contribution in [1.29, 1.82) is 0 Å². The summed E-state index contributed by atoms with van der Waals surface area (Å²) < 4.78 is 27.6. The van der Waals surface area contributed by atoms with E-state index in [1.54, 1.807) is 23.3 Å². The number of rotatable bonds is 4. The highest BCUT2D eigenvalue weighted by molar-refractivity contribution is 5.44. The van der Waals surface area contributed by atoms with E-state index in [2.05, 4.69) is 15.4 Å². The Bertz CT molecular complexity index is 724. The van der Waals surface area contributed by atoms with E-state index in [4.69, 9.17) is 0 Å². The van der Waals surface area contributed by atoms with Gasteiger partial charge >= 0.3 is 0 Å². The highest BCUT2D eigenvalue weighted by Gasteiger charge is 2.03. The summed E-state index contributed by atoms with van der Waals surface area (Å²) in [5.41, 5.74) is 1.45. The zero-order valence-corrected chi connectivity index (χ0v) is 11.0. The Kier molecular flexibility index (Phi) is 3.59. The van der Waals surface area contributed by atoms with Gasteiger partial charge in [-0.25, -0.2) is 18.4 Å². The van der Waals surface area contributed by atoms with Crippen LogP contribution in [0, 0.1) is 11.6 Å². The molecule has 1 aromatic carbocycles. The van der Waals surface area contributed by atoms with Crippen LogP contribution in [0.1, 0.15) is 5.56 Å².